The van der Waals surface area contributed by atoms with Crippen LogP contribution in [0.5, 0.6) is 15.9 Å². The van der Waals surface area contributed by atoms with Crippen LogP contribution in [0.4, 0.5) is 0 Å². The van der Waals surface area contributed by atoms with Crippen molar-refractivity contribution < 1.29 is 18.7 Å². The van der Waals surface area contributed by atoms with Gasteiger partial charge in [-0.25, -0.2) is 4.57 Å². The van der Waals surface area contributed by atoms with Crippen LogP contribution in [0.1, 0.15) is 5.56 Å². The summed E-state index contributed by atoms with van der Waals surface area (Å²) in [4.78, 5) is 0. The van der Waals surface area contributed by atoms with E-state index in [1.165, 1.54) is 22.7 Å². The lowest BCUT2D eigenvalue weighted by molar-refractivity contribution is 0.390. The molecular weight excluding hydrogens is 339 g/mol. The summed E-state index contributed by atoms with van der Waals surface area (Å²) in [5, 5.41) is 14.6. The number of hydrogen-bond acceptors (Lipinski definition) is 6. The van der Waals surface area contributed by atoms with Crippen molar-refractivity contribution in [1.29, 1.82) is 0 Å². The molecule has 3 aromatic rings. The molecule has 0 spiro atoms. The Morgan fingerprint density at radius 2 is 1.50 bits per heavy atom. The summed E-state index contributed by atoms with van der Waals surface area (Å²) in [6.07, 6.45) is -0.00449. The molecule has 0 aliphatic carbocycles. The second-order valence-corrected chi connectivity index (χ2v) is 8.17. The highest BCUT2D eigenvalue weighted by Gasteiger charge is 2.30. The van der Waals surface area contributed by atoms with E-state index in [1.807, 2.05) is 22.9 Å². The Bertz CT molecular complexity index is 728. The van der Waals surface area contributed by atoms with E-state index in [0.29, 0.717) is 15.7 Å². The van der Waals surface area contributed by atoms with E-state index in [9.17, 15) is 9.67 Å². The van der Waals surface area contributed by atoms with Crippen LogP contribution in [0.25, 0.3) is 0 Å². The summed E-state index contributed by atoms with van der Waals surface area (Å²) < 4.78 is 24.4. The Morgan fingerprint density at radius 3 is 2.00 bits per heavy atom. The SMILES string of the molecule is O=P(Cc1ccccc1O)(Oc1cccs1)Oc1cccs1. The van der Waals surface area contributed by atoms with Gasteiger partial charge in [0.25, 0.3) is 0 Å². The smallest absolute Gasteiger partial charge is 0.436 e. The second kappa shape index (κ2) is 6.57. The fourth-order valence-electron chi connectivity index (χ4n) is 1.84. The zero-order valence-electron chi connectivity index (χ0n) is 11.4. The highest BCUT2D eigenvalue weighted by atomic mass is 32.1. The van der Waals surface area contributed by atoms with Crippen LogP contribution in [0.2, 0.25) is 0 Å². The number of rotatable bonds is 6. The summed E-state index contributed by atoms with van der Waals surface area (Å²) in [6, 6.07) is 13.8. The maximum Gasteiger partial charge on any atom is 0.436 e. The molecule has 0 aliphatic rings. The number of phenols is 1. The molecule has 0 atom stereocenters. The Kier molecular flexibility index (Phi) is 4.52. The van der Waals surface area contributed by atoms with E-state index < -0.39 is 7.60 Å². The van der Waals surface area contributed by atoms with Gasteiger partial charge >= 0.3 is 7.60 Å². The van der Waals surface area contributed by atoms with Crippen LogP contribution >= 0.6 is 30.3 Å². The summed E-state index contributed by atoms with van der Waals surface area (Å²) in [7, 11) is -3.48. The standard InChI is InChI=1S/C15H13O4PS2/c16-13-6-2-1-5-12(13)11-20(17,18-14-7-3-9-21-14)19-15-8-4-10-22-15/h1-10,16H,11H2. The molecule has 0 aliphatic heterocycles. The van der Waals surface area contributed by atoms with Gasteiger partial charge in [0.2, 0.25) is 0 Å². The third-order valence-corrected chi connectivity index (χ3v) is 6.22. The first-order chi connectivity index (χ1) is 10.6. The van der Waals surface area contributed by atoms with E-state index in [1.54, 1.807) is 36.4 Å². The molecule has 2 heterocycles. The highest BCUT2D eigenvalue weighted by molar-refractivity contribution is 7.54. The van der Waals surface area contributed by atoms with Gasteiger partial charge in [0.15, 0.2) is 10.1 Å². The van der Waals surface area contributed by atoms with Gasteiger partial charge in [0.1, 0.15) is 11.9 Å². The summed E-state index contributed by atoms with van der Waals surface area (Å²) in [5.74, 6) is 0.0762. The number of phenolic OH excluding ortho intramolecular Hbond substituents is 1. The van der Waals surface area contributed by atoms with E-state index in [4.69, 9.17) is 9.05 Å². The van der Waals surface area contributed by atoms with Gasteiger partial charge in [-0.2, -0.15) is 0 Å². The van der Waals surface area contributed by atoms with Crippen LogP contribution in [-0.4, -0.2) is 5.11 Å². The Labute approximate surface area is 136 Å². The minimum atomic E-state index is -3.48. The number of benzene rings is 1. The zero-order valence-corrected chi connectivity index (χ0v) is 13.9. The van der Waals surface area contributed by atoms with Crippen molar-refractivity contribution in [3.8, 4) is 15.9 Å². The third-order valence-electron chi connectivity index (χ3n) is 2.80. The van der Waals surface area contributed by atoms with Crippen LogP contribution in [0.3, 0.4) is 0 Å². The highest BCUT2D eigenvalue weighted by Crippen LogP contribution is 2.53. The van der Waals surface area contributed by atoms with Crippen molar-refractivity contribution in [1.82, 2.24) is 0 Å². The number of hydrogen-bond donors (Lipinski definition) is 1. The molecule has 114 valence electrons. The van der Waals surface area contributed by atoms with Crippen molar-refractivity contribution in [3.05, 3.63) is 64.9 Å². The molecule has 0 saturated heterocycles. The fourth-order valence-corrected chi connectivity index (χ4v) is 5.28. The largest absolute Gasteiger partial charge is 0.508 e. The first-order valence-electron chi connectivity index (χ1n) is 6.47. The van der Waals surface area contributed by atoms with Gasteiger partial charge in [-0.3, -0.25) is 0 Å². The molecule has 3 rings (SSSR count). The summed E-state index contributed by atoms with van der Waals surface area (Å²) >= 11 is 2.69. The third kappa shape index (κ3) is 3.71. The van der Waals surface area contributed by atoms with Crippen LogP contribution in [-0.2, 0) is 10.7 Å². The number of aromatic hydroxyl groups is 1. The topological polar surface area (TPSA) is 55.8 Å². The second-order valence-electron chi connectivity index (χ2n) is 4.44. The van der Waals surface area contributed by atoms with Crippen molar-refractivity contribution in [3.63, 3.8) is 0 Å². The van der Waals surface area contributed by atoms with Gasteiger partial charge in [-0.1, -0.05) is 18.2 Å². The average Bonchev–Trinajstić information content (AvgIpc) is 3.15. The van der Waals surface area contributed by atoms with E-state index in [2.05, 4.69) is 0 Å². The predicted octanol–water partition coefficient (Wildman–Crippen LogP) is 5.37. The molecule has 22 heavy (non-hydrogen) atoms. The van der Waals surface area contributed by atoms with Crippen molar-refractivity contribution in [2.75, 3.05) is 0 Å². The Morgan fingerprint density at radius 1 is 0.909 bits per heavy atom. The Balaban J connectivity index is 1.88. The van der Waals surface area contributed by atoms with E-state index >= 15 is 0 Å². The molecule has 0 fully saturated rings. The van der Waals surface area contributed by atoms with Crippen LogP contribution < -0.4 is 9.05 Å². The molecule has 2 aromatic heterocycles. The molecule has 0 bridgehead atoms. The molecule has 4 nitrogen and oxygen atoms in total. The lowest BCUT2D eigenvalue weighted by atomic mass is 10.2. The minimum absolute atomic E-state index is 0.00449. The minimum Gasteiger partial charge on any atom is -0.508 e. The van der Waals surface area contributed by atoms with Crippen molar-refractivity contribution in [2.45, 2.75) is 6.16 Å². The maximum atomic E-state index is 13.1. The molecule has 0 saturated carbocycles. The van der Waals surface area contributed by atoms with E-state index in [-0.39, 0.29) is 11.9 Å². The lowest BCUT2D eigenvalue weighted by Gasteiger charge is -2.18. The average molecular weight is 352 g/mol. The number of thiophene rings is 2. The van der Waals surface area contributed by atoms with Crippen LogP contribution in [0.15, 0.2) is 59.3 Å². The van der Waals surface area contributed by atoms with Gasteiger partial charge in [0.05, 0.1) is 0 Å². The van der Waals surface area contributed by atoms with E-state index in [0.717, 1.165) is 0 Å². The molecule has 0 amide bonds. The van der Waals surface area contributed by atoms with Crippen LogP contribution in [0, 0.1) is 0 Å². The molecular formula is C15H13O4PS2. The predicted molar refractivity (Wildman–Crippen MR) is 89.3 cm³/mol. The van der Waals surface area contributed by atoms with Gasteiger partial charge in [0, 0.05) is 5.56 Å². The first-order valence-corrected chi connectivity index (χ1v) is 9.95. The monoisotopic (exact) mass is 352 g/mol. The summed E-state index contributed by atoms with van der Waals surface area (Å²) in [6.45, 7) is 0. The molecule has 1 N–H and O–H groups in total. The van der Waals surface area contributed by atoms with Gasteiger partial charge in [-0.05, 0) is 41.1 Å². The van der Waals surface area contributed by atoms with Gasteiger partial charge < -0.3 is 14.2 Å². The maximum absolute atomic E-state index is 13.1. The molecule has 1 aromatic carbocycles. The van der Waals surface area contributed by atoms with Gasteiger partial charge in [-0.15, -0.1) is 22.7 Å². The number of para-hydroxylation sites is 1. The van der Waals surface area contributed by atoms with Crippen molar-refractivity contribution >= 4 is 30.3 Å². The quantitative estimate of drug-likeness (QED) is 0.606. The zero-order chi connectivity index (χ0) is 15.4. The van der Waals surface area contributed by atoms with Crippen molar-refractivity contribution in [2.24, 2.45) is 0 Å². The summed E-state index contributed by atoms with van der Waals surface area (Å²) in [5.41, 5.74) is 0.527. The lowest BCUT2D eigenvalue weighted by Crippen LogP contribution is -2.03. The fraction of sp³-hybridized carbons (Fsp3) is 0.0667. The first kappa shape index (κ1) is 15.2. The normalized spacial score (nSPS) is 11.3. The molecule has 0 unspecified atom stereocenters. The molecule has 0 radical (unpaired) electrons. The Hall–Kier alpha value is -1.75. The molecule has 7 heteroatoms.